The number of hydrogen-bond donors (Lipinski definition) is 0. The Morgan fingerprint density at radius 3 is 3.08 bits per heavy atom. The van der Waals surface area contributed by atoms with E-state index in [0.29, 0.717) is 6.10 Å². The second-order valence-corrected chi connectivity index (χ2v) is 3.90. The summed E-state index contributed by atoms with van der Waals surface area (Å²) in [5.74, 6) is -0.116. The van der Waals surface area contributed by atoms with Gasteiger partial charge in [0.15, 0.2) is 0 Å². The molecule has 12 heavy (non-hydrogen) atoms. The van der Waals surface area contributed by atoms with Crippen LogP contribution in [0.5, 0.6) is 0 Å². The molecule has 1 saturated carbocycles. The van der Waals surface area contributed by atoms with Gasteiger partial charge in [-0.15, -0.1) is 0 Å². The first kappa shape index (κ1) is 8.05. The van der Waals surface area contributed by atoms with Crippen LogP contribution in [0.1, 0.15) is 26.2 Å². The van der Waals surface area contributed by atoms with Crippen LogP contribution >= 0.6 is 0 Å². The van der Waals surface area contributed by atoms with E-state index in [1.807, 2.05) is 6.92 Å². The first-order valence-corrected chi connectivity index (χ1v) is 4.42. The van der Waals surface area contributed by atoms with Crippen molar-refractivity contribution in [2.45, 2.75) is 38.4 Å². The van der Waals surface area contributed by atoms with E-state index in [-0.39, 0.29) is 17.5 Å². The lowest BCUT2D eigenvalue weighted by Gasteiger charge is -2.27. The normalized spacial score (nSPS) is 44.8. The minimum Gasteiger partial charge on any atom is -0.469 e. The molecule has 2 fully saturated rings. The van der Waals surface area contributed by atoms with Gasteiger partial charge in [-0.3, -0.25) is 4.79 Å². The fraction of sp³-hybridized carbons (Fsp3) is 0.889. The second kappa shape index (κ2) is 2.46. The summed E-state index contributed by atoms with van der Waals surface area (Å²) in [5.41, 5.74) is -0.363. The highest BCUT2D eigenvalue weighted by atomic mass is 16.6. The van der Waals surface area contributed by atoms with Gasteiger partial charge in [0.2, 0.25) is 0 Å². The number of epoxide rings is 1. The van der Waals surface area contributed by atoms with Crippen LogP contribution in [0.3, 0.4) is 0 Å². The molecule has 1 heterocycles. The van der Waals surface area contributed by atoms with E-state index in [4.69, 9.17) is 9.47 Å². The van der Waals surface area contributed by atoms with Crippen LogP contribution in [0.15, 0.2) is 0 Å². The van der Waals surface area contributed by atoms with Crippen LogP contribution in [0.4, 0.5) is 0 Å². The number of fused-ring (bicyclic) bond motifs is 1. The Bertz CT molecular complexity index is 214. The molecule has 68 valence electrons. The molecular weight excluding hydrogens is 156 g/mol. The third-order valence-electron chi connectivity index (χ3n) is 3.05. The molecule has 0 radical (unpaired) electrons. The quantitative estimate of drug-likeness (QED) is 0.437. The summed E-state index contributed by atoms with van der Waals surface area (Å²) in [6.07, 6.45) is 3.56. The van der Waals surface area contributed by atoms with Crippen molar-refractivity contribution in [3.8, 4) is 0 Å². The topological polar surface area (TPSA) is 38.8 Å². The minimum absolute atomic E-state index is 0.116. The van der Waals surface area contributed by atoms with Crippen LogP contribution in [0.2, 0.25) is 0 Å². The molecule has 0 aromatic heterocycles. The second-order valence-electron chi connectivity index (χ2n) is 3.90. The molecule has 2 aliphatic rings. The monoisotopic (exact) mass is 170 g/mol. The lowest BCUT2D eigenvalue weighted by Crippen LogP contribution is -2.37. The van der Waals surface area contributed by atoms with Crippen molar-refractivity contribution in [2.75, 3.05) is 7.11 Å². The summed E-state index contributed by atoms with van der Waals surface area (Å²) in [5, 5.41) is 0. The Balaban J connectivity index is 2.13. The fourth-order valence-electron chi connectivity index (χ4n) is 2.19. The average Bonchev–Trinajstić information content (AvgIpc) is 2.83. The highest BCUT2D eigenvalue weighted by molar-refractivity contribution is 5.77. The van der Waals surface area contributed by atoms with Gasteiger partial charge >= 0.3 is 5.97 Å². The fourth-order valence-corrected chi connectivity index (χ4v) is 2.19. The summed E-state index contributed by atoms with van der Waals surface area (Å²) in [7, 11) is 1.44. The minimum atomic E-state index is -0.363. The predicted molar refractivity (Wildman–Crippen MR) is 42.6 cm³/mol. The molecule has 1 unspecified atom stereocenters. The first-order chi connectivity index (χ1) is 5.68. The number of esters is 1. The number of hydrogen-bond acceptors (Lipinski definition) is 3. The zero-order valence-corrected chi connectivity index (χ0v) is 7.50. The standard InChI is InChI=1S/C9H14O3/c1-9(8(10)11-2)5-3-4-6-7(9)12-6/h6-7H,3-5H2,1-2H3/t6-,7+,9?/m0/s1. The lowest BCUT2D eigenvalue weighted by molar-refractivity contribution is -0.153. The van der Waals surface area contributed by atoms with Crippen LogP contribution < -0.4 is 0 Å². The summed E-state index contributed by atoms with van der Waals surface area (Å²) in [4.78, 5) is 11.4. The maximum Gasteiger partial charge on any atom is 0.314 e. The van der Waals surface area contributed by atoms with Crippen molar-refractivity contribution in [3.63, 3.8) is 0 Å². The SMILES string of the molecule is COC(=O)C1(C)CCC[C@@H]2O[C@H]21. The average molecular weight is 170 g/mol. The van der Waals surface area contributed by atoms with E-state index in [9.17, 15) is 4.79 Å². The number of carbonyl (C=O) groups is 1. The van der Waals surface area contributed by atoms with Crippen molar-refractivity contribution in [3.05, 3.63) is 0 Å². The van der Waals surface area contributed by atoms with Crippen LogP contribution in [-0.4, -0.2) is 25.3 Å². The molecule has 0 aromatic carbocycles. The third-order valence-corrected chi connectivity index (χ3v) is 3.05. The van der Waals surface area contributed by atoms with E-state index in [2.05, 4.69) is 0 Å². The van der Waals surface area contributed by atoms with Crippen LogP contribution in [-0.2, 0) is 14.3 Å². The molecular formula is C9H14O3. The maximum atomic E-state index is 11.4. The highest BCUT2D eigenvalue weighted by Crippen LogP contribution is 2.49. The van der Waals surface area contributed by atoms with Gasteiger partial charge < -0.3 is 9.47 Å². The van der Waals surface area contributed by atoms with Crippen molar-refractivity contribution >= 4 is 5.97 Å². The van der Waals surface area contributed by atoms with Crippen LogP contribution in [0, 0.1) is 5.41 Å². The Morgan fingerprint density at radius 1 is 1.67 bits per heavy atom. The summed E-state index contributed by atoms with van der Waals surface area (Å²) >= 11 is 0. The van der Waals surface area contributed by atoms with Gasteiger partial charge in [-0.05, 0) is 26.2 Å². The van der Waals surface area contributed by atoms with Crippen molar-refractivity contribution < 1.29 is 14.3 Å². The van der Waals surface area contributed by atoms with E-state index in [1.54, 1.807) is 0 Å². The maximum absolute atomic E-state index is 11.4. The van der Waals surface area contributed by atoms with Crippen molar-refractivity contribution in [2.24, 2.45) is 5.41 Å². The zero-order valence-electron chi connectivity index (χ0n) is 7.50. The first-order valence-electron chi connectivity index (χ1n) is 4.42. The van der Waals surface area contributed by atoms with Gasteiger partial charge in [0.1, 0.15) is 0 Å². The third kappa shape index (κ3) is 0.959. The number of rotatable bonds is 1. The molecule has 1 aliphatic heterocycles. The van der Waals surface area contributed by atoms with E-state index in [1.165, 1.54) is 7.11 Å². The van der Waals surface area contributed by atoms with Gasteiger partial charge in [0.05, 0.1) is 24.7 Å². The smallest absolute Gasteiger partial charge is 0.314 e. The molecule has 1 saturated heterocycles. The van der Waals surface area contributed by atoms with Gasteiger partial charge in [0, 0.05) is 0 Å². The summed E-state index contributed by atoms with van der Waals surface area (Å²) in [6, 6.07) is 0. The highest BCUT2D eigenvalue weighted by Gasteiger charge is 2.58. The van der Waals surface area contributed by atoms with E-state index < -0.39 is 0 Å². The largest absolute Gasteiger partial charge is 0.469 e. The Kier molecular flexibility index (Phi) is 1.65. The number of ether oxygens (including phenoxy) is 2. The molecule has 0 spiro atoms. The molecule has 0 bridgehead atoms. The summed E-state index contributed by atoms with van der Waals surface area (Å²) < 4.78 is 10.2. The Labute approximate surface area is 72.0 Å². The molecule has 1 aliphatic carbocycles. The molecule has 3 heteroatoms. The summed E-state index contributed by atoms with van der Waals surface area (Å²) in [6.45, 7) is 1.95. The lowest BCUT2D eigenvalue weighted by atomic mass is 9.76. The van der Waals surface area contributed by atoms with Gasteiger partial charge in [-0.25, -0.2) is 0 Å². The van der Waals surface area contributed by atoms with Gasteiger partial charge in [-0.1, -0.05) is 0 Å². The molecule has 0 amide bonds. The molecule has 3 atom stereocenters. The molecule has 3 nitrogen and oxygen atoms in total. The van der Waals surface area contributed by atoms with E-state index in [0.717, 1.165) is 19.3 Å². The Morgan fingerprint density at radius 2 is 2.42 bits per heavy atom. The number of carbonyl (C=O) groups excluding carboxylic acids is 1. The van der Waals surface area contributed by atoms with Gasteiger partial charge in [0.25, 0.3) is 0 Å². The molecule has 2 rings (SSSR count). The number of methoxy groups -OCH3 is 1. The Hall–Kier alpha value is -0.570. The molecule has 0 N–H and O–H groups in total. The van der Waals surface area contributed by atoms with Crippen LogP contribution in [0.25, 0.3) is 0 Å². The van der Waals surface area contributed by atoms with Gasteiger partial charge in [-0.2, -0.15) is 0 Å². The molecule has 0 aromatic rings. The van der Waals surface area contributed by atoms with E-state index >= 15 is 0 Å². The van der Waals surface area contributed by atoms with Crippen molar-refractivity contribution in [1.82, 2.24) is 0 Å². The van der Waals surface area contributed by atoms with Crippen molar-refractivity contribution in [1.29, 1.82) is 0 Å². The zero-order chi connectivity index (χ0) is 8.77. The predicted octanol–water partition coefficient (Wildman–Crippen LogP) is 1.12.